The first-order valence-corrected chi connectivity index (χ1v) is 10.9. The van der Waals surface area contributed by atoms with Gasteiger partial charge < -0.3 is 9.80 Å². The van der Waals surface area contributed by atoms with Gasteiger partial charge in [0.25, 0.3) is 0 Å². The van der Waals surface area contributed by atoms with E-state index < -0.39 is 6.18 Å². The summed E-state index contributed by atoms with van der Waals surface area (Å²) in [4.78, 5) is 4.26. The van der Waals surface area contributed by atoms with Crippen LogP contribution in [0.5, 0.6) is 0 Å². The topological polar surface area (TPSA) is 6.48 Å². The number of anilines is 2. The largest absolute Gasteiger partial charge is 0.386 e. The van der Waals surface area contributed by atoms with Gasteiger partial charge in [-0.1, -0.05) is 64.1 Å². The summed E-state index contributed by atoms with van der Waals surface area (Å²) >= 11 is 0. The molecule has 0 saturated heterocycles. The van der Waals surface area contributed by atoms with Gasteiger partial charge in [-0.2, -0.15) is 13.2 Å². The second kappa shape index (κ2) is 11.3. The van der Waals surface area contributed by atoms with Crippen molar-refractivity contribution < 1.29 is 13.2 Å². The zero-order chi connectivity index (χ0) is 24.7. The van der Waals surface area contributed by atoms with Crippen LogP contribution in [0.2, 0.25) is 0 Å². The lowest BCUT2D eigenvalue weighted by Crippen LogP contribution is -2.08. The van der Waals surface area contributed by atoms with Crippen LogP contribution in [0.15, 0.2) is 60.7 Å². The normalized spacial score (nSPS) is 14.2. The highest BCUT2D eigenvalue weighted by atomic mass is 19.4. The Kier molecular flexibility index (Phi) is 9.62. The molecule has 0 atom stereocenters. The molecule has 1 aliphatic rings. The molecule has 176 valence electrons. The van der Waals surface area contributed by atoms with Crippen LogP contribution in [-0.4, -0.2) is 34.4 Å². The van der Waals surface area contributed by atoms with Crippen LogP contribution in [0.1, 0.15) is 45.7 Å². The Morgan fingerprint density at radius 2 is 0.875 bits per heavy atom. The number of allylic oxidation sites excluding steroid dienone is 4. The predicted molar refractivity (Wildman–Crippen MR) is 134 cm³/mol. The lowest BCUT2D eigenvalue weighted by Gasteiger charge is -2.16. The van der Waals surface area contributed by atoms with Gasteiger partial charge in [0, 0.05) is 51.9 Å². The summed E-state index contributed by atoms with van der Waals surface area (Å²) in [5.41, 5.74) is 7.73. The van der Waals surface area contributed by atoms with Gasteiger partial charge in [-0.25, -0.2) is 0 Å². The molecule has 2 nitrogen and oxygen atoms in total. The second-order valence-electron chi connectivity index (χ2n) is 8.60. The van der Waals surface area contributed by atoms with Crippen molar-refractivity contribution in [3.05, 3.63) is 71.8 Å². The average Bonchev–Trinajstić information content (AvgIpc) is 3.04. The summed E-state index contributed by atoms with van der Waals surface area (Å²) in [6.45, 7) is 8.72. The number of rotatable bonds is 4. The summed E-state index contributed by atoms with van der Waals surface area (Å²) in [7, 11) is 8.30. The van der Waals surface area contributed by atoms with Gasteiger partial charge in [-0.15, -0.1) is 0 Å². The Morgan fingerprint density at radius 1 is 0.625 bits per heavy atom. The summed E-state index contributed by atoms with van der Waals surface area (Å²) in [5, 5.41) is 0. The van der Waals surface area contributed by atoms with E-state index in [1.807, 2.05) is 13.8 Å². The fourth-order valence-corrected chi connectivity index (χ4v) is 3.30. The van der Waals surface area contributed by atoms with Crippen molar-refractivity contribution in [1.82, 2.24) is 0 Å². The van der Waals surface area contributed by atoms with Crippen molar-refractivity contribution in [2.75, 3.05) is 38.0 Å². The zero-order valence-corrected chi connectivity index (χ0v) is 20.8. The van der Waals surface area contributed by atoms with Gasteiger partial charge in [-0.3, -0.25) is 0 Å². The van der Waals surface area contributed by atoms with Crippen LogP contribution in [0.25, 0.3) is 11.1 Å². The number of benzene rings is 2. The molecule has 0 fully saturated rings. The molecular formula is C27H37F3N2. The summed E-state index contributed by atoms with van der Waals surface area (Å²) in [6.07, 6.45) is 0.764. The molecule has 5 heteroatoms. The molecule has 0 radical (unpaired) electrons. The lowest BCUT2D eigenvalue weighted by molar-refractivity contribution is -0.110. The Hall–Kier alpha value is -2.69. The van der Waals surface area contributed by atoms with Crippen molar-refractivity contribution in [1.29, 1.82) is 0 Å². The average molecular weight is 447 g/mol. The summed E-state index contributed by atoms with van der Waals surface area (Å²) in [5.74, 6) is 0. The van der Waals surface area contributed by atoms with Crippen molar-refractivity contribution in [2.45, 2.75) is 40.8 Å². The van der Waals surface area contributed by atoms with E-state index in [4.69, 9.17) is 0 Å². The molecule has 2 aromatic carbocycles. The van der Waals surface area contributed by atoms with E-state index in [1.165, 1.54) is 33.6 Å². The van der Waals surface area contributed by atoms with Crippen LogP contribution in [0, 0.1) is 5.41 Å². The highest BCUT2D eigenvalue weighted by molar-refractivity contribution is 6.07. The van der Waals surface area contributed by atoms with Crippen LogP contribution in [-0.2, 0) is 0 Å². The van der Waals surface area contributed by atoms with E-state index in [2.05, 4.69) is 113 Å². The predicted octanol–water partition coefficient (Wildman–Crippen LogP) is 7.92. The smallest absolute Gasteiger partial charge is 0.378 e. The fourth-order valence-electron chi connectivity index (χ4n) is 3.30. The fraction of sp³-hybridized carbons (Fsp3) is 0.407. The van der Waals surface area contributed by atoms with Crippen LogP contribution in [0.4, 0.5) is 24.5 Å². The highest BCUT2D eigenvalue weighted by Crippen LogP contribution is 2.44. The van der Waals surface area contributed by atoms with Crippen molar-refractivity contribution in [3.8, 4) is 0 Å². The van der Waals surface area contributed by atoms with Gasteiger partial charge >= 0.3 is 6.18 Å². The third kappa shape index (κ3) is 8.45. The first-order chi connectivity index (χ1) is 14.8. The highest BCUT2D eigenvalue weighted by Gasteiger charge is 2.25. The van der Waals surface area contributed by atoms with Gasteiger partial charge in [0.15, 0.2) is 0 Å². The number of nitrogens with zero attached hydrogens (tertiary/aromatic N) is 2. The maximum absolute atomic E-state index is 10.4. The number of hydrogen-bond acceptors (Lipinski definition) is 2. The van der Waals surface area contributed by atoms with E-state index in [0.717, 1.165) is 0 Å². The SMILES string of the molecule is CC.CC(F)(F)F.CN(C)c1ccc(C2=CC(C)(C)C=C2c2ccc(N(C)C)cc2)cc1. The van der Waals surface area contributed by atoms with Crippen LogP contribution in [0.3, 0.4) is 0 Å². The molecule has 32 heavy (non-hydrogen) atoms. The van der Waals surface area contributed by atoms with Gasteiger partial charge in [0.05, 0.1) is 0 Å². The Labute approximate surface area is 192 Å². The molecule has 1 aliphatic carbocycles. The number of hydrogen-bond donors (Lipinski definition) is 0. The zero-order valence-electron chi connectivity index (χ0n) is 20.8. The third-order valence-electron chi connectivity index (χ3n) is 4.71. The summed E-state index contributed by atoms with van der Waals surface area (Å²) < 4.78 is 31.1. The van der Waals surface area contributed by atoms with E-state index in [-0.39, 0.29) is 12.3 Å². The lowest BCUT2D eigenvalue weighted by atomic mass is 9.94. The molecule has 3 rings (SSSR count). The molecule has 0 spiro atoms. The van der Waals surface area contributed by atoms with E-state index >= 15 is 0 Å². The van der Waals surface area contributed by atoms with Crippen LogP contribution >= 0.6 is 0 Å². The third-order valence-corrected chi connectivity index (χ3v) is 4.71. The minimum Gasteiger partial charge on any atom is -0.378 e. The first-order valence-electron chi connectivity index (χ1n) is 10.9. The minimum atomic E-state index is -4.00. The number of halogens is 3. The molecule has 0 N–H and O–H groups in total. The minimum absolute atomic E-state index is 0.0745. The molecule has 0 bridgehead atoms. The van der Waals surface area contributed by atoms with Crippen molar-refractivity contribution in [3.63, 3.8) is 0 Å². The second-order valence-corrected chi connectivity index (χ2v) is 8.60. The van der Waals surface area contributed by atoms with Crippen molar-refractivity contribution in [2.24, 2.45) is 5.41 Å². The van der Waals surface area contributed by atoms with E-state index in [1.54, 1.807) is 0 Å². The number of alkyl halides is 3. The molecular weight excluding hydrogens is 409 g/mol. The summed E-state index contributed by atoms with van der Waals surface area (Å²) in [6, 6.07) is 17.7. The molecule has 0 heterocycles. The van der Waals surface area contributed by atoms with Gasteiger partial charge in [-0.05, 0) is 46.5 Å². The van der Waals surface area contributed by atoms with Gasteiger partial charge in [0.1, 0.15) is 0 Å². The van der Waals surface area contributed by atoms with E-state index in [0.29, 0.717) is 0 Å². The molecule has 2 aromatic rings. The first kappa shape index (κ1) is 27.3. The van der Waals surface area contributed by atoms with E-state index in [9.17, 15) is 13.2 Å². The monoisotopic (exact) mass is 446 g/mol. The Morgan fingerprint density at radius 3 is 1.09 bits per heavy atom. The molecule has 0 aliphatic heterocycles. The maximum atomic E-state index is 10.4. The maximum Gasteiger partial charge on any atom is 0.386 e. The standard InChI is InChI=1S/C23H28N2.C2H3F3.C2H6/c1-23(2)15-21(17-7-11-19(12-8-17)24(3)4)22(16-23)18-9-13-20(14-10-18)25(5)6;1-2(3,4)5;1-2/h7-16H,1-6H3;1H3;1-2H3. The molecule has 0 aromatic heterocycles. The molecule has 0 unspecified atom stereocenters. The van der Waals surface area contributed by atoms with Gasteiger partial charge in [0.2, 0.25) is 0 Å². The molecule has 0 amide bonds. The Bertz CT molecular complexity index is 826. The quantitative estimate of drug-likeness (QED) is 0.471. The Balaban J connectivity index is 0.000000646. The molecule has 0 saturated carbocycles. The van der Waals surface area contributed by atoms with Crippen LogP contribution < -0.4 is 9.80 Å². The van der Waals surface area contributed by atoms with Crippen molar-refractivity contribution >= 4 is 22.5 Å².